The zero-order valence-corrected chi connectivity index (χ0v) is 14.9. The molecule has 0 spiro atoms. The molecule has 0 radical (unpaired) electrons. The fourth-order valence-electron chi connectivity index (χ4n) is 4.53. The van der Waals surface area contributed by atoms with Gasteiger partial charge in [0.1, 0.15) is 6.10 Å². The Labute approximate surface area is 145 Å². The highest BCUT2D eigenvalue weighted by Crippen LogP contribution is 2.38. The largest absolute Gasteiger partial charge is 0.458 e. The fraction of sp³-hybridized carbons (Fsp3) is 0.750. The molecule has 1 aliphatic carbocycles. The van der Waals surface area contributed by atoms with Crippen molar-refractivity contribution in [2.75, 3.05) is 13.1 Å². The topological polar surface area (TPSA) is 49.8 Å². The molecule has 132 valence electrons. The van der Waals surface area contributed by atoms with Crippen LogP contribution in [0.3, 0.4) is 0 Å². The Balaban J connectivity index is 1.79. The minimum Gasteiger partial charge on any atom is -0.458 e. The predicted octanol–water partition coefficient (Wildman–Crippen LogP) is 2.51. The first-order valence-corrected chi connectivity index (χ1v) is 9.28. The van der Waals surface area contributed by atoms with E-state index in [2.05, 4.69) is 30.2 Å². The van der Waals surface area contributed by atoms with Gasteiger partial charge in [-0.15, -0.1) is 0 Å². The van der Waals surface area contributed by atoms with Crippen molar-refractivity contribution < 1.29 is 14.6 Å². The highest BCUT2D eigenvalue weighted by molar-refractivity contribution is 5.84. The van der Waals surface area contributed by atoms with Crippen LogP contribution in [0, 0.1) is 23.7 Å². The zero-order valence-electron chi connectivity index (χ0n) is 14.9. The summed E-state index contributed by atoms with van der Waals surface area (Å²) < 4.78 is 5.88. The van der Waals surface area contributed by atoms with Crippen LogP contribution in [0.5, 0.6) is 0 Å². The quantitative estimate of drug-likeness (QED) is 0.638. The maximum Gasteiger partial charge on any atom is 0.351 e. The van der Waals surface area contributed by atoms with E-state index in [1.807, 2.05) is 0 Å². The standard InChI is InChI=1S/C20H29NO3/c1-14(2)8-11-20(23,17-6-4-5-7-17)19(22)24-18-15(3)21-12-9-16(18)10-13-21/h15-18,23H,1,4-7,9-10,12-13H2,2-3H3. The van der Waals surface area contributed by atoms with Crippen LogP contribution >= 0.6 is 0 Å². The van der Waals surface area contributed by atoms with Crippen molar-refractivity contribution in [3.8, 4) is 11.8 Å². The maximum atomic E-state index is 12.9. The van der Waals surface area contributed by atoms with Crippen molar-refractivity contribution in [2.24, 2.45) is 11.8 Å². The maximum absolute atomic E-state index is 12.9. The molecular weight excluding hydrogens is 302 g/mol. The highest BCUT2D eigenvalue weighted by atomic mass is 16.6. The van der Waals surface area contributed by atoms with Gasteiger partial charge in [0.15, 0.2) is 0 Å². The summed E-state index contributed by atoms with van der Waals surface area (Å²) in [6, 6.07) is 0.225. The van der Waals surface area contributed by atoms with E-state index in [4.69, 9.17) is 4.74 Å². The molecule has 4 fully saturated rings. The Morgan fingerprint density at radius 1 is 1.25 bits per heavy atom. The predicted molar refractivity (Wildman–Crippen MR) is 93.1 cm³/mol. The molecule has 4 heteroatoms. The van der Waals surface area contributed by atoms with E-state index in [1.54, 1.807) is 6.92 Å². The molecule has 2 bridgehead atoms. The van der Waals surface area contributed by atoms with Crippen molar-refractivity contribution in [2.45, 2.75) is 70.1 Å². The SMILES string of the molecule is C=C(C)C#CC(O)(C(=O)OC1C2CCN(CC2)C1C)C1CCCC1. The summed E-state index contributed by atoms with van der Waals surface area (Å²) in [4.78, 5) is 15.3. The summed E-state index contributed by atoms with van der Waals surface area (Å²) in [6.07, 6.45) is 5.73. The van der Waals surface area contributed by atoms with Gasteiger partial charge in [0, 0.05) is 12.0 Å². The summed E-state index contributed by atoms with van der Waals surface area (Å²) in [5.74, 6) is 5.36. The molecular formula is C20H29NO3. The zero-order chi connectivity index (χ0) is 17.3. The van der Waals surface area contributed by atoms with Crippen LogP contribution in [0.25, 0.3) is 0 Å². The number of carbonyl (C=O) groups excluding carboxylic acids is 1. The molecule has 3 unspecified atom stereocenters. The van der Waals surface area contributed by atoms with Crippen LogP contribution in [-0.2, 0) is 9.53 Å². The summed E-state index contributed by atoms with van der Waals surface area (Å²) >= 11 is 0. The van der Waals surface area contributed by atoms with E-state index in [-0.39, 0.29) is 18.1 Å². The number of esters is 1. The molecule has 3 aliphatic heterocycles. The Bertz CT molecular complexity index is 559. The number of aliphatic hydroxyl groups is 1. The summed E-state index contributed by atoms with van der Waals surface area (Å²) in [6.45, 7) is 9.83. The minimum absolute atomic E-state index is 0.125. The molecule has 3 atom stereocenters. The molecule has 0 aromatic carbocycles. The number of piperidine rings is 3. The van der Waals surface area contributed by atoms with Gasteiger partial charge in [-0.05, 0) is 64.1 Å². The first-order chi connectivity index (χ1) is 11.4. The van der Waals surface area contributed by atoms with Crippen LogP contribution in [0.4, 0.5) is 0 Å². The van der Waals surface area contributed by atoms with E-state index in [0.717, 1.165) is 51.6 Å². The van der Waals surface area contributed by atoms with Gasteiger partial charge in [-0.3, -0.25) is 4.90 Å². The molecule has 4 aliphatic rings. The first-order valence-electron chi connectivity index (χ1n) is 9.28. The second-order valence-corrected chi connectivity index (χ2v) is 7.76. The second-order valence-electron chi connectivity index (χ2n) is 7.76. The minimum atomic E-state index is -1.69. The molecule has 0 aromatic heterocycles. The third-order valence-corrected chi connectivity index (χ3v) is 6.06. The number of carbonyl (C=O) groups is 1. The van der Waals surface area contributed by atoms with E-state index in [0.29, 0.717) is 11.5 Å². The lowest BCUT2D eigenvalue weighted by Crippen LogP contribution is -2.59. The van der Waals surface area contributed by atoms with Crippen molar-refractivity contribution in [3.05, 3.63) is 12.2 Å². The average molecular weight is 331 g/mol. The number of hydrogen-bond acceptors (Lipinski definition) is 4. The number of ether oxygens (including phenoxy) is 1. The van der Waals surface area contributed by atoms with Crippen molar-refractivity contribution in [1.82, 2.24) is 4.90 Å². The number of nitrogens with zero attached hydrogens (tertiary/aromatic N) is 1. The number of allylic oxidation sites excluding steroid dienone is 1. The Morgan fingerprint density at radius 2 is 1.88 bits per heavy atom. The Kier molecular flexibility index (Phi) is 5.03. The second kappa shape index (κ2) is 6.90. The lowest BCUT2D eigenvalue weighted by molar-refractivity contribution is -0.184. The van der Waals surface area contributed by atoms with Crippen molar-refractivity contribution in [1.29, 1.82) is 0 Å². The summed E-state index contributed by atoms with van der Waals surface area (Å²) in [5.41, 5.74) is -1.04. The lowest BCUT2D eigenvalue weighted by Gasteiger charge is -2.49. The molecule has 1 N–H and O–H groups in total. The van der Waals surface area contributed by atoms with Gasteiger partial charge >= 0.3 is 5.97 Å². The Morgan fingerprint density at radius 3 is 2.42 bits per heavy atom. The van der Waals surface area contributed by atoms with Gasteiger partial charge < -0.3 is 9.84 Å². The lowest BCUT2D eigenvalue weighted by atomic mass is 9.80. The van der Waals surface area contributed by atoms with Crippen molar-refractivity contribution >= 4 is 5.97 Å². The highest BCUT2D eigenvalue weighted by Gasteiger charge is 2.49. The summed E-state index contributed by atoms with van der Waals surface area (Å²) in [5, 5.41) is 11.1. The van der Waals surface area contributed by atoms with Gasteiger partial charge in [-0.1, -0.05) is 31.3 Å². The third-order valence-electron chi connectivity index (χ3n) is 6.06. The van der Waals surface area contributed by atoms with E-state index in [1.165, 1.54) is 0 Å². The normalized spacial score (nSPS) is 35.0. The monoisotopic (exact) mass is 331 g/mol. The number of hydrogen-bond donors (Lipinski definition) is 1. The molecule has 0 aromatic rings. The van der Waals surface area contributed by atoms with Crippen LogP contribution < -0.4 is 0 Å². The van der Waals surface area contributed by atoms with Crippen LogP contribution in [0.2, 0.25) is 0 Å². The van der Waals surface area contributed by atoms with Crippen LogP contribution in [-0.4, -0.2) is 46.8 Å². The van der Waals surface area contributed by atoms with E-state index < -0.39 is 11.6 Å². The fourth-order valence-corrected chi connectivity index (χ4v) is 4.53. The Hall–Kier alpha value is -1.31. The van der Waals surface area contributed by atoms with Gasteiger partial charge in [0.2, 0.25) is 5.60 Å². The van der Waals surface area contributed by atoms with Crippen molar-refractivity contribution in [3.63, 3.8) is 0 Å². The molecule has 3 heterocycles. The smallest absolute Gasteiger partial charge is 0.351 e. The molecule has 4 nitrogen and oxygen atoms in total. The molecule has 1 saturated carbocycles. The number of rotatable bonds is 3. The molecule has 0 amide bonds. The van der Waals surface area contributed by atoms with E-state index in [9.17, 15) is 9.90 Å². The van der Waals surface area contributed by atoms with Crippen LogP contribution in [0.15, 0.2) is 12.2 Å². The molecule has 24 heavy (non-hydrogen) atoms. The van der Waals surface area contributed by atoms with Gasteiger partial charge in [0.05, 0.1) is 0 Å². The first kappa shape index (κ1) is 17.5. The van der Waals surface area contributed by atoms with Gasteiger partial charge in [-0.25, -0.2) is 4.79 Å². The van der Waals surface area contributed by atoms with Gasteiger partial charge in [-0.2, -0.15) is 0 Å². The van der Waals surface area contributed by atoms with Gasteiger partial charge in [0.25, 0.3) is 0 Å². The van der Waals surface area contributed by atoms with E-state index >= 15 is 0 Å². The summed E-state index contributed by atoms with van der Waals surface area (Å²) in [7, 11) is 0. The average Bonchev–Trinajstić information content (AvgIpc) is 3.11. The molecule has 3 saturated heterocycles. The third kappa shape index (κ3) is 3.25. The number of fused-ring (bicyclic) bond motifs is 3. The van der Waals surface area contributed by atoms with Crippen LogP contribution in [0.1, 0.15) is 52.4 Å². The molecule has 4 rings (SSSR count).